The van der Waals surface area contributed by atoms with E-state index >= 15 is 0 Å². The molecule has 0 aliphatic heterocycles. The fourth-order valence-electron chi connectivity index (χ4n) is 2.49. The lowest BCUT2D eigenvalue weighted by atomic mass is 9.88. The molecule has 0 aromatic carbocycles. The van der Waals surface area contributed by atoms with Gasteiger partial charge in [-0.15, -0.1) is 11.3 Å². The van der Waals surface area contributed by atoms with Crippen molar-refractivity contribution < 1.29 is 14.6 Å². The summed E-state index contributed by atoms with van der Waals surface area (Å²) in [5.41, 5.74) is 0.955. The van der Waals surface area contributed by atoms with Gasteiger partial charge in [-0.2, -0.15) is 0 Å². The third kappa shape index (κ3) is 4.18. The van der Waals surface area contributed by atoms with Gasteiger partial charge >= 0.3 is 5.97 Å². The van der Waals surface area contributed by atoms with E-state index in [1.54, 1.807) is 17.4 Å². The Balaban J connectivity index is 1.92. The number of carboxylic acid groups (broad SMARTS) is 1. The number of carbonyl (C=O) groups is 1. The third-order valence-electron chi connectivity index (χ3n) is 3.65. The van der Waals surface area contributed by atoms with Crippen molar-refractivity contribution in [3.63, 3.8) is 0 Å². The van der Waals surface area contributed by atoms with Crippen molar-refractivity contribution in [3.8, 4) is 0 Å². The molecule has 19 heavy (non-hydrogen) atoms. The molecule has 1 saturated carbocycles. The summed E-state index contributed by atoms with van der Waals surface area (Å²) in [7, 11) is 0. The summed E-state index contributed by atoms with van der Waals surface area (Å²) in [6.07, 6.45) is 8.13. The summed E-state index contributed by atoms with van der Waals surface area (Å²) in [6.45, 7) is 2.84. The average Bonchev–Trinajstić information content (AvgIpc) is 2.83. The van der Waals surface area contributed by atoms with Crippen LogP contribution in [0.1, 0.15) is 43.0 Å². The minimum Gasteiger partial charge on any atom is -0.478 e. The van der Waals surface area contributed by atoms with Crippen LogP contribution in [0.15, 0.2) is 17.5 Å². The number of thiophene rings is 1. The molecule has 1 aromatic heterocycles. The lowest BCUT2D eigenvalue weighted by Gasteiger charge is -2.28. The van der Waals surface area contributed by atoms with E-state index in [0.29, 0.717) is 18.6 Å². The van der Waals surface area contributed by atoms with Crippen LogP contribution in [0.4, 0.5) is 0 Å². The van der Waals surface area contributed by atoms with E-state index in [9.17, 15) is 4.79 Å². The molecule has 1 aromatic rings. The topological polar surface area (TPSA) is 46.5 Å². The minimum absolute atomic E-state index is 0.354. The van der Waals surface area contributed by atoms with Crippen molar-refractivity contribution in [3.05, 3.63) is 28.0 Å². The van der Waals surface area contributed by atoms with Crippen molar-refractivity contribution in [2.75, 3.05) is 0 Å². The van der Waals surface area contributed by atoms with Gasteiger partial charge in [0.1, 0.15) is 0 Å². The molecule has 2 unspecified atom stereocenters. The first-order valence-corrected chi connectivity index (χ1v) is 7.64. The normalized spacial score (nSPS) is 23.8. The highest BCUT2D eigenvalue weighted by Crippen LogP contribution is 2.28. The SMILES string of the molecule is CC1CCCCC1OCc1sccc1C=CC(=O)O. The third-order valence-corrected chi connectivity index (χ3v) is 4.56. The van der Waals surface area contributed by atoms with Gasteiger partial charge in [0.15, 0.2) is 0 Å². The van der Waals surface area contributed by atoms with Crippen molar-refractivity contribution >= 4 is 23.4 Å². The molecule has 2 atom stereocenters. The first-order chi connectivity index (χ1) is 9.16. The molecule has 0 radical (unpaired) electrons. The molecule has 0 amide bonds. The lowest BCUT2D eigenvalue weighted by molar-refractivity contribution is -0.131. The van der Waals surface area contributed by atoms with E-state index in [4.69, 9.17) is 9.84 Å². The Bertz CT molecular complexity index is 450. The Morgan fingerprint density at radius 1 is 1.53 bits per heavy atom. The number of ether oxygens (including phenoxy) is 1. The summed E-state index contributed by atoms with van der Waals surface area (Å²) in [5, 5.41) is 10.6. The van der Waals surface area contributed by atoms with Crippen LogP contribution < -0.4 is 0 Å². The second-order valence-electron chi connectivity index (χ2n) is 5.08. The zero-order chi connectivity index (χ0) is 13.7. The zero-order valence-electron chi connectivity index (χ0n) is 11.2. The number of carboxylic acids is 1. The van der Waals surface area contributed by atoms with Crippen LogP contribution in [0.5, 0.6) is 0 Å². The fraction of sp³-hybridized carbons (Fsp3) is 0.533. The van der Waals surface area contributed by atoms with E-state index in [1.807, 2.05) is 11.4 Å². The Labute approximate surface area is 117 Å². The average molecular weight is 280 g/mol. The molecule has 1 fully saturated rings. The second-order valence-corrected chi connectivity index (χ2v) is 6.08. The molecule has 3 nitrogen and oxygen atoms in total. The van der Waals surface area contributed by atoms with Crippen molar-refractivity contribution in [1.29, 1.82) is 0 Å². The standard InChI is InChI=1S/C15H20O3S/c1-11-4-2-3-5-13(11)18-10-14-12(8-9-19-14)6-7-15(16)17/h6-9,11,13H,2-5,10H2,1H3,(H,16,17). The smallest absolute Gasteiger partial charge is 0.328 e. The van der Waals surface area contributed by atoms with Crippen LogP contribution >= 0.6 is 11.3 Å². The summed E-state index contributed by atoms with van der Waals surface area (Å²) < 4.78 is 6.02. The fourth-order valence-corrected chi connectivity index (χ4v) is 3.28. The molecular formula is C15H20O3S. The molecule has 2 rings (SSSR count). The molecular weight excluding hydrogens is 260 g/mol. The van der Waals surface area contributed by atoms with Gasteiger partial charge in [0.05, 0.1) is 12.7 Å². The lowest BCUT2D eigenvalue weighted by Crippen LogP contribution is -2.25. The highest BCUT2D eigenvalue weighted by Gasteiger charge is 2.22. The number of hydrogen-bond donors (Lipinski definition) is 1. The highest BCUT2D eigenvalue weighted by atomic mass is 32.1. The maximum Gasteiger partial charge on any atom is 0.328 e. The Morgan fingerprint density at radius 2 is 2.32 bits per heavy atom. The molecule has 4 heteroatoms. The molecule has 1 N–H and O–H groups in total. The molecule has 1 aliphatic carbocycles. The molecule has 104 valence electrons. The van der Waals surface area contributed by atoms with Gasteiger partial charge in [0.2, 0.25) is 0 Å². The van der Waals surface area contributed by atoms with Crippen LogP contribution in [-0.4, -0.2) is 17.2 Å². The van der Waals surface area contributed by atoms with Gasteiger partial charge < -0.3 is 9.84 Å². The number of aliphatic carboxylic acids is 1. The van der Waals surface area contributed by atoms with Gasteiger partial charge in [0, 0.05) is 11.0 Å². The number of rotatable bonds is 5. The Morgan fingerprint density at radius 3 is 3.05 bits per heavy atom. The van der Waals surface area contributed by atoms with Crippen LogP contribution in [0, 0.1) is 5.92 Å². The molecule has 1 aliphatic rings. The van der Waals surface area contributed by atoms with Crippen molar-refractivity contribution in [2.24, 2.45) is 5.92 Å². The van der Waals surface area contributed by atoms with Gasteiger partial charge in [0.25, 0.3) is 0 Å². The van der Waals surface area contributed by atoms with E-state index in [1.165, 1.54) is 25.3 Å². The predicted octanol–water partition coefficient (Wildman–Crippen LogP) is 3.94. The Kier molecular flexibility index (Phi) is 5.16. The number of hydrogen-bond acceptors (Lipinski definition) is 3. The Hall–Kier alpha value is -1.13. The van der Waals surface area contributed by atoms with E-state index in [2.05, 4.69) is 6.92 Å². The predicted molar refractivity (Wildman–Crippen MR) is 77.2 cm³/mol. The monoisotopic (exact) mass is 280 g/mol. The first-order valence-electron chi connectivity index (χ1n) is 6.76. The second kappa shape index (κ2) is 6.87. The zero-order valence-corrected chi connectivity index (χ0v) is 12.0. The maximum absolute atomic E-state index is 10.5. The summed E-state index contributed by atoms with van der Waals surface area (Å²) in [4.78, 5) is 11.6. The molecule has 0 bridgehead atoms. The quantitative estimate of drug-likeness (QED) is 0.831. The van der Waals surface area contributed by atoms with Crippen LogP contribution in [-0.2, 0) is 16.1 Å². The van der Waals surface area contributed by atoms with Crippen LogP contribution in [0.2, 0.25) is 0 Å². The van der Waals surface area contributed by atoms with Gasteiger partial charge in [-0.1, -0.05) is 19.8 Å². The molecule has 1 heterocycles. The van der Waals surface area contributed by atoms with Crippen LogP contribution in [0.3, 0.4) is 0 Å². The highest BCUT2D eigenvalue weighted by molar-refractivity contribution is 7.10. The van der Waals surface area contributed by atoms with Gasteiger partial charge in [-0.3, -0.25) is 0 Å². The molecule has 0 saturated heterocycles. The minimum atomic E-state index is -0.918. The van der Waals surface area contributed by atoms with Gasteiger partial charge in [-0.25, -0.2) is 4.79 Å². The van der Waals surface area contributed by atoms with E-state index < -0.39 is 5.97 Å². The molecule has 0 spiro atoms. The summed E-state index contributed by atoms with van der Waals surface area (Å²) in [6, 6.07) is 1.94. The first kappa shape index (κ1) is 14.3. The largest absolute Gasteiger partial charge is 0.478 e. The van der Waals surface area contributed by atoms with E-state index in [-0.39, 0.29) is 0 Å². The van der Waals surface area contributed by atoms with Crippen molar-refractivity contribution in [2.45, 2.75) is 45.3 Å². The van der Waals surface area contributed by atoms with E-state index in [0.717, 1.165) is 16.9 Å². The van der Waals surface area contributed by atoms with Crippen LogP contribution in [0.25, 0.3) is 6.08 Å². The summed E-state index contributed by atoms with van der Waals surface area (Å²) >= 11 is 1.62. The summed E-state index contributed by atoms with van der Waals surface area (Å²) in [5.74, 6) is -0.286. The maximum atomic E-state index is 10.5. The van der Waals surface area contributed by atoms with Crippen molar-refractivity contribution in [1.82, 2.24) is 0 Å². The van der Waals surface area contributed by atoms with Gasteiger partial charge in [-0.05, 0) is 41.8 Å².